The van der Waals surface area contributed by atoms with Crippen LogP contribution in [0.1, 0.15) is 25.0 Å². The minimum absolute atomic E-state index is 0.0301. The molecule has 1 aliphatic rings. The van der Waals surface area contributed by atoms with Gasteiger partial charge < -0.3 is 0 Å². The lowest BCUT2D eigenvalue weighted by molar-refractivity contribution is 0.660. The third kappa shape index (κ3) is 3.22. The van der Waals surface area contributed by atoms with Crippen LogP contribution in [0, 0.1) is 0 Å². The van der Waals surface area contributed by atoms with Gasteiger partial charge >= 0.3 is 0 Å². The zero-order chi connectivity index (χ0) is 22.4. The van der Waals surface area contributed by atoms with Gasteiger partial charge in [0.1, 0.15) is 0 Å². The van der Waals surface area contributed by atoms with Crippen LogP contribution in [0.3, 0.4) is 0 Å². The highest BCUT2D eigenvalue weighted by Gasteiger charge is 2.36. The van der Waals surface area contributed by atoms with E-state index in [9.17, 15) is 0 Å². The Balaban J connectivity index is 1.37. The van der Waals surface area contributed by atoms with E-state index < -0.39 is 0 Å². The second kappa shape index (κ2) is 7.60. The van der Waals surface area contributed by atoms with Gasteiger partial charge in [0.15, 0.2) is 0 Å². The molecule has 0 saturated carbocycles. The van der Waals surface area contributed by atoms with Gasteiger partial charge in [-0.05, 0) is 55.6 Å². The van der Waals surface area contributed by atoms with Crippen LogP contribution >= 0.6 is 0 Å². The largest absolute Gasteiger partial charge is 0.0622 e. The molecule has 6 rings (SSSR count). The molecule has 0 atom stereocenters. The maximum atomic E-state index is 2.34. The van der Waals surface area contributed by atoms with Crippen LogP contribution in [0.4, 0.5) is 0 Å². The van der Waals surface area contributed by atoms with Crippen LogP contribution in [-0.2, 0) is 5.41 Å². The van der Waals surface area contributed by atoms with Crippen molar-refractivity contribution in [1.82, 2.24) is 0 Å². The molecular weight excluding hydrogens is 396 g/mol. The second-order valence-corrected chi connectivity index (χ2v) is 9.42. The van der Waals surface area contributed by atoms with E-state index in [1.165, 1.54) is 55.6 Å². The van der Waals surface area contributed by atoms with Gasteiger partial charge in [0.2, 0.25) is 0 Å². The molecule has 5 aromatic carbocycles. The lowest BCUT2D eigenvalue weighted by Gasteiger charge is -2.21. The van der Waals surface area contributed by atoms with Gasteiger partial charge in [0.05, 0.1) is 0 Å². The fourth-order valence-electron chi connectivity index (χ4n) is 5.32. The van der Waals surface area contributed by atoms with Crippen molar-refractivity contribution >= 4 is 0 Å². The van der Waals surface area contributed by atoms with Crippen LogP contribution in [0.2, 0.25) is 0 Å². The average Bonchev–Trinajstić information content (AvgIpc) is 3.12. The standard InChI is InChI=1S/C33H26/c1-33(2)30-13-7-6-11-29(30)32-28(12-8-14-31(32)33)27-21-19-26(20-22-27)25-17-15-24(16-18-25)23-9-4-3-5-10-23/h3-22H,1-2H3. The Bertz CT molecular complexity index is 1440. The summed E-state index contributed by atoms with van der Waals surface area (Å²) in [5.41, 5.74) is 13.2. The summed E-state index contributed by atoms with van der Waals surface area (Å²) >= 11 is 0. The van der Waals surface area contributed by atoms with Crippen LogP contribution < -0.4 is 0 Å². The molecule has 0 aliphatic heterocycles. The Kier molecular flexibility index (Phi) is 4.55. The fourth-order valence-corrected chi connectivity index (χ4v) is 5.32. The second-order valence-electron chi connectivity index (χ2n) is 9.42. The molecule has 0 bridgehead atoms. The van der Waals surface area contributed by atoms with E-state index in [1.54, 1.807) is 0 Å². The summed E-state index contributed by atoms with van der Waals surface area (Å²) in [6.07, 6.45) is 0. The summed E-state index contributed by atoms with van der Waals surface area (Å²) < 4.78 is 0. The van der Waals surface area contributed by atoms with Crippen molar-refractivity contribution in [2.75, 3.05) is 0 Å². The quantitative estimate of drug-likeness (QED) is 0.272. The van der Waals surface area contributed by atoms with E-state index >= 15 is 0 Å². The topological polar surface area (TPSA) is 0 Å². The van der Waals surface area contributed by atoms with E-state index in [1.807, 2.05) is 0 Å². The summed E-state index contributed by atoms with van der Waals surface area (Å²) in [6.45, 7) is 4.67. The van der Waals surface area contributed by atoms with Gasteiger partial charge in [0, 0.05) is 5.41 Å². The molecule has 0 heteroatoms. The molecule has 0 heterocycles. The first kappa shape index (κ1) is 19.8. The van der Waals surface area contributed by atoms with Gasteiger partial charge in [-0.15, -0.1) is 0 Å². The minimum Gasteiger partial charge on any atom is -0.0622 e. The number of fused-ring (bicyclic) bond motifs is 3. The molecule has 5 aromatic rings. The molecule has 0 unspecified atom stereocenters. The van der Waals surface area contributed by atoms with Crippen molar-refractivity contribution in [3.63, 3.8) is 0 Å². The van der Waals surface area contributed by atoms with Crippen LogP contribution in [0.5, 0.6) is 0 Å². The molecule has 0 saturated heterocycles. The smallest absolute Gasteiger partial charge is 0.0159 e. The number of hydrogen-bond acceptors (Lipinski definition) is 0. The van der Waals surface area contributed by atoms with Crippen molar-refractivity contribution in [1.29, 1.82) is 0 Å². The lowest BCUT2D eigenvalue weighted by atomic mass is 9.82. The third-order valence-electron chi connectivity index (χ3n) is 7.13. The van der Waals surface area contributed by atoms with E-state index in [0.717, 1.165) is 0 Å². The zero-order valence-electron chi connectivity index (χ0n) is 19.0. The number of benzene rings is 5. The summed E-state index contributed by atoms with van der Waals surface area (Å²) in [6, 6.07) is 44.1. The molecule has 158 valence electrons. The first-order chi connectivity index (χ1) is 16.1. The Morgan fingerprint density at radius 2 is 0.818 bits per heavy atom. The maximum absolute atomic E-state index is 2.34. The summed E-state index contributed by atoms with van der Waals surface area (Å²) in [7, 11) is 0. The van der Waals surface area contributed by atoms with Gasteiger partial charge in [-0.1, -0.05) is 135 Å². The van der Waals surface area contributed by atoms with E-state index in [-0.39, 0.29) is 5.41 Å². The maximum Gasteiger partial charge on any atom is 0.0159 e. The molecule has 0 radical (unpaired) electrons. The monoisotopic (exact) mass is 422 g/mol. The fraction of sp³-hybridized carbons (Fsp3) is 0.0909. The average molecular weight is 423 g/mol. The minimum atomic E-state index is 0.0301. The van der Waals surface area contributed by atoms with Crippen molar-refractivity contribution in [3.05, 3.63) is 132 Å². The van der Waals surface area contributed by atoms with E-state index in [4.69, 9.17) is 0 Å². The van der Waals surface area contributed by atoms with Crippen molar-refractivity contribution in [2.45, 2.75) is 19.3 Å². The molecule has 0 fully saturated rings. The molecule has 33 heavy (non-hydrogen) atoms. The molecule has 0 amide bonds. The van der Waals surface area contributed by atoms with Crippen molar-refractivity contribution < 1.29 is 0 Å². The molecule has 0 spiro atoms. The lowest BCUT2D eigenvalue weighted by Crippen LogP contribution is -2.14. The van der Waals surface area contributed by atoms with Crippen LogP contribution in [0.15, 0.2) is 121 Å². The molecule has 0 N–H and O–H groups in total. The first-order valence-corrected chi connectivity index (χ1v) is 11.6. The summed E-state index contributed by atoms with van der Waals surface area (Å²) in [5.74, 6) is 0. The molecular formula is C33H26. The SMILES string of the molecule is CC1(C)c2ccccc2-c2c(-c3ccc(-c4ccc(-c5ccccc5)cc4)cc3)cccc21. The highest BCUT2D eigenvalue weighted by atomic mass is 14.4. The van der Waals surface area contributed by atoms with Gasteiger partial charge in [-0.3, -0.25) is 0 Å². The highest BCUT2D eigenvalue weighted by molar-refractivity contribution is 5.92. The first-order valence-electron chi connectivity index (χ1n) is 11.6. The van der Waals surface area contributed by atoms with Crippen molar-refractivity contribution in [2.24, 2.45) is 0 Å². The highest BCUT2D eigenvalue weighted by Crippen LogP contribution is 2.51. The van der Waals surface area contributed by atoms with Crippen LogP contribution in [-0.4, -0.2) is 0 Å². The Morgan fingerprint density at radius 1 is 0.364 bits per heavy atom. The predicted molar refractivity (Wildman–Crippen MR) is 140 cm³/mol. The Labute approximate surface area is 196 Å². The Hall–Kier alpha value is -3.90. The molecule has 0 aromatic heterocycles. The van der Waals surface area contributed by atoms with Crippen molar-refractivity contribution in [3.8, 4) is 44.5 Å². The summed E-state index contributed by atoms with van der Waals surface area (Å²) in [5, 5.41) is 0. The van der Waals surface area contributed by atoms with Gasteiger partial charge in [-0.2, -0.15) is 0 Å². The Morgan fingerprint density at radius 3 is 1.45 bits per heavy atom. The molecule has 0 nitrogen and oxygen atoms in total. The molecule has 1 aliphatic carbocycles. The zero-order valence-corrected chi connectivity index (χ0v) is 19.0. The normalized spacial score (nSPS) is 13.4. The third-order valence-corrected chi connectivity index (χ3v) is 7.13. The van der Waals surface area contributed by atoms with Crippen LogP contribution in [0.25, 0.3) is 44.5 Å². The van der Waals surface area contributed by atoms with Gasteiger partial charge in [0.25, 0.3) is 0 Å². The number of rotatable bonds is 3. The van der Waals surface area contributed by atoms with E-state index in [2.05, 4.69) is 135 Å². The van der Waals surface area contributed by atoms with E-state index in [0.29, 0.717) is 0 Å². The summed E-state index contributed by atoms with van der Waals surface area (Å²) in [4.78, 5) is 0. The number of hydrogen-bond donors (Lipinski definition) is 0. The van der Waals surface area contributed by atoms with Gasteiger partial charge in [-0.25, -0.2) is 0 Å². The predicted octanol–water partition coefficient (Wildman–Crippen LogP) is 8.99.